The van der Waals surface area contributed by atoms with Gasteiger partial charge in [0.05, 0.1) is 12.1 Å². The third-order valence-corrected chi connectivity index (χ3v) is 5.22. The van der Waals surface area contributed by atoms with Gasteiger partial charge >= 0.3 is 0 Å². The number of rotatable bonds is 13. The second-order valence-corrected chi connectivity index (χ2v) is 7.46. The SMILES string of the molecule is C=CC[C@H]1N[C@@H](C(O)Cc2ccccc2)[C@H](OCCCC)[C@H]1OCCCC. The Bertz CT molecular complexity index is 522. The molecule has 5 atom stereocenters. The van der Waals surface area contributed by atoms with Crippen LogP contribution in [0.2, 0.25) is 0 Å². The predicted molar refractivity (Wildman–Crippen MR) is 111 cm³/mol. The Hall–Kier alpha value is -1.20. The number of benzene rings is 1. The number of ether oxygens (including phenoxy) is 2. The summed E-state index contributed by atoms with van der Waals surface area (Å²) in [6.07, 6.45) is 6.87. The van der Waals surface area contributed by atoms with E-state index in [0.717, 1.165) is 44.3 Å². The van der Waals surface area contributed by atoms with E-state index in [1.165, 1.54) is 0 Å². The Balaban J connectivity index is 2.11. The van der Waals surface area contributed by atoms with E-state index in [4.69, 9.17) is 9.47 Å². The van der Waals surface area contributed by atoms with Gasteiger partial charge in [-0.2, -0.15) is 0 Å². The van der Waals surface area contributed by atoms with Crippen molar-refractivity contribution in [3.63, 3.8) is 0 Å². The Morgan fingerprint density at radius 2 is 1.70 bits per heavy atom. The maximum atomic E-state index is 11.0. The lowest BCUT2D eigenvalue weighted by molar-refractivity contribution is -0.0790. The topological polar surface area (TPSA) is 50.7 Å². The van der Waals surface area contributed by atoms with Gasteiger partial charge in [-0.15, -0.1) is 6.58 Å². The standard InChI is InChI=1S/C23H37NO3/c1-4-7-15-26-22-19(12-6-3)24-21(23(22)27-16-8-5-2)20(25)17-18-13-10-9-11-14-18/h6,9-11,13-14,19-25H,3-5,7-8,12,15-17H2,1-2H3/t19-,20?,21+,22+,23+/m1/s1. The van der Waals surface area contributed by atoms with Crippen LogP contribution in [-0.4, -0.2) is 48.7 Å². The zero-order chi connectivity index (χ0) is 19.5. The maximum absolute atomic E-state index is 11.0. The summed E-state index contributed by atoms with van der Waals surface area (Å²) >= 11 is 0. The Kier molecular flexibility index (Phi) is 10.1. The van der Waals surface area contributed by atoms with Crippen LogP contribution in [0.15, 0.2) is 43.0 Å². The predicted octanol–water partition coefficient (Wildman–Crippen LogP) is 3.88. The van der Waals surface area contributed by atoms with E-state index >= 15 is 0 Å². The summed E-state index contributed by atoms with van der Waals surface area (Å²) in [6, 6.07) is 10.1. The highest BCUT2D eigenvalue weighted by molar-refractivity contribution is 5.17. The normalized spacial score (nSPS) is 26.2. The Morgan fingerprint density at radius 1 is 1.07 bits per heavy atom. The molecule has 152 valence electrons. The second-order valence-electron chi connectivity index (χ2n) is 7.46. The molecule has 0 amide bonds. The first kappa shape index (κ1) is 22.1. The molecular weight excluding hydrogens is 338 g/mol. The molecule has 2 rings (SSSR count). The number of nitrogens with one attached hydrogen (secondary N) is 1. The third-order valence-electron chi connectivity index (χ3n) is 5.22. The van der Waals surface area contributed by atoms with E-state index in [-0.39, 0.29) is 24.3 Å². The highest BCUT2D eigenvalue weighted by Crippen LogP contribution is 2.27. The first-order chi connectivity index (χ1) is 13.2. The number of hydrogen-bond donors (Lipinski definition) is 2. The summed E-state index contributed by atoms with van der Waals surface area (Å²) in [6.45, 7) is 9.65. The van der Waals surface area contributed by atoms with Crippen molar-refractivity contribution in [3.05, 3.63) is 48.6 Å². The van der Waals surface area contributed by atoms with E-state index in [0.29, 0.717) is 13.0 Å². The molecule has 4 heteroatoms. The largest absolute Gasteiger partial charge is 0.391 e. The van der Waals surface area contributed by atoms with Gasteiger partial charge in [0, 0.05) is 19.3 Å². The number of aliphatic hydroxyl groups excluding tert-OH is 1. The summed E-state index contributed by atoms with van der Waals surface area (Å²) in [5, 5.41) is 14.6. The van der Waals surface area contributed by atoms with Crippen molar-refractivity contribution < 1.29 is 14.6 Å². The van der Waals surface area contributed by atoms with Gasteiger partial charge < -0.3 is 19.9 Å². The van der Waals surface area contributed by atoms with Crippen molar-refractivity contribution in [3.8, 4) is 0 Å². The molecule has 0 saturated carbocycles. The van der Waals surface area contributed by atoms with E-state index in [1.807, 2.05) is 24.3 Å². The lowest BCUT2D eigenvalue weighted by Crippen LogP contribution is -2.46. The zero-order valence-electron chi connectivity index (χ0n) is 17.0. The van der Waals surface area contributed by atoms with Crippen LogP contribution in [0, 0.1) is 0 Å². The summed E-state index contributed by atoms with van der Waals surface area (Å²) in [7, 11) is 0. The molecule has 0 aromatic heterocycles. The molecule has 0 spiro atoms. The van der Waals surface area contributed by atoms with Gasteiger partial charge in [-0.1, -0.05) is 63.1 Å². The van der Waals surface area contributed by atoms with Crippen LogP contribution in [-0.2, 0) is 15.9 Å². The van der Waals surface area contributed by atoms with Crippen molar-refractivity contribution in [1.29, 1.82) is 0 Å². The highest BCUT2D eigenvalue weighted by Gasteiger charge is 2.46. The number of hydrogen-bond acceptors (Lipinski definition) is 4. The fourth-order valence-corrected chi connectivity index (χ4v) is 3.70. The Morgan fingerprint density at radius 3 is 2.30 bits per heavy atom. The maximum Gasteiger partial charge on any atom is 0.103 e. The molecule has 4 nitrogen and oxygen atoms in total. The fourth-order valence-electron chi connectivity index (χ4n) is 3.70. The van der Waals surface area contributed by atoms with E-state index < -0.39 is 6.10 Å². The van der Waals surface area contributed by atoms with Crippen molar-refractivity contribution in [1.82, 2.24) is 5.32 Å². The molecular formula is C23H37NO3. The Labute approximate surface area is 165 Å². The molecule has 1 fully saturated rings. The molecule has 1 saturated heterocycles. The first-order valence-electron chi connectivity index (χ1n) is 10.5. The summed E-state index contributed by atoms with van der Waals surface area (Å²) < 4.78 is 12.5. The minimum Gasteiger partial charge on any atom is -0.391 e. The molecule has 0 aliphatic carbocycles. The van der Waals surface area contributed by atoms with Crippen molar-refractivity contribution in [2.45, 2.75) is 82.8 Å². The molecule has 1 unspecified atom stereocenters. The third kappa shape index (κ3) is 6.72. The van der Waals surface area contributed by atoms with Crippen LogP contribution in [0.3, 0.4) is 0 Å². The van der Waals surface area contributed by atoms with Crippen LogP contribution in [0.1, 0.15) is 51.5 Å². The number of unbranched alkanes of at least 4 members (excludes halogenated alkanes) is 2. The highest BCUT2D eigenvalue weighted by atomic mass is 16.5. The lowest BCUT2D eigenvalue weighted by Gasteiger charge is -2.28. The minimum absolute atomic E-state index is 0.0539. The first-order valence-corrected chi connectivity index (χ1v) is 10.5. The molecule has 0 bridgehead atoms. The van der Waals surface area contributed by atoms with Crippen molar-refractivity contribution in [2.75, 3.05) is 13.2 Å². The summed E-state index contributed by atoms with van der Waals surface area (Å²) in [5.41, 5.74) is 1.13. The van der Waals surface area contributed by atoms with Gasteiger partial charge in [0.25, 0.3) is 0 Å². The van der Waals surface area contributed by atoms with Crippen LogP contribution >= 0.6 is 0 Å². The van der Waals surface area contributed by atoms with Crippen LogP contribution in [0.5, 0.6) is 0 Å². The molecule has 2 N–H and O–H groups in total. The zero-order valence-corrected chi connectivity index (χ0v) is 17.0. The smallest absolute Gasteiger partial charge is 0.103 e. The van der Waals surface area contributed by atoms with E-state index in [2.05, 4.69) is 37.9 Å². The quantitative estimate of drug-likeness (QED) is 0.406. The molecule has 1 aromatic rings. The van der Waals surface area contributed by atoms with Crippen LogP contribution < -0.4 is 5.32 Å². The van der Waals surface area contributed by atoms with Gasteiger partial charge in [0.1, 0.15) is 12.2 Å². The average Bonchev–Trinajstić information content (AvgIpc) is 3.01. The average molecular weight is 376 g/mol. The number of aliphatic hydroxyl groups is 1. The van der Waals surface area contributed by atoms with Crippen molar-refractivity contribution in [2.24, 2.45) is 0 Å². The summed E-state index contributed by atoms with van der Waals surface area (Å²) in [4.78, 5) is 0. The molecule has 0 radical (unpaired) electrons. The minimum atomic E-state index is -0.522. The van der Waals surface area contributed by atoms with Gasteiger partial charge in [-0.25, -0.2) is 0 Å². The summed E-state index contributed by atoms with van der Waals surface area (Å²) in [5.74, 6) is 0. The molecule has 1 aliphatic heterocycles. The lowest BCUT2D eigenvalue weighted by atomic mass is 9.97. The monoisotopic (exact) mass is 375 g/mol. The van der Waals surface area contributed by atoms with Crippen molar-refractivity contribution >= 4 is 0 Å². The van der Waals surface area contributed by atoms with Gasteiger partial charge in [0.15, 0.2) is 0 Å². The molecule has 1 heterocycles. The molecule has 27 heavy (non-hydrogen) atoms. The fraction of sp³-hybridized carbons (Fsp3) is 0.652. The van der Waals surface area contributed by atoms with Gasteiger partial charge in [-0.05, 0) is 31.2 Å². The molecule has 1 aromatic carbocycles. The van der Waals surface area contributed by atoms with E-state index in [9.17, 15) is 5.11 Å². The van der Waals surface area contributed by atoms with Crippen LogP contribution in [0.4, 0.5) is 0 Å². The molecule has 1 aliphatic rings. The second kappa shape index (κ2) is 12.3. The van der Waals surface area contributed by atoms with Gasteiger partial charge in [0.2, 0.25) is 0 Å². The van der Waals surface area contributed by atoms with Gasteiger partial charge in [-0.3, -0.25) is 0 Å². The van der Waals surface area contributed by atoms with E-state index in [1.54, 1.807) is 0 Å². The van der Waals surface area contributed by atoms with Crippen LogP contribution in [0.25, 0.3) is 0 Å².